The first-order valence-corrected chi connectivity index (χ1v) is 13.5. The van der Waals surface area contributed by atoms with E-state index in [0.717, 1.165) is 37.1 Å². The molecular weight excluding hydrogens is 506 g/mol. The van der Waals surface area contributed by atoms with Crippen LogP contribution in [0.3, 0.4) is 0 Å². The summed E-state index contributed by atoms with van der Waals surface area (Å²) >= 11 is 6.12. The van der Waals surface area contributed by atoms with Gasteiger partial charge in [0.2, 0.25) is 11.8 Å². The molecule has 4 rings (SSSR count). The topological polar surface area (TPSA) is 79.4 Å². The van der Waals surface area contributed by atoms with Gasteiger partial charge in [0.15, 0.2) is 0 Å². The number of halogens is 1. The summed E-state index contributed by atoms with van der Waals surface area (Å²) in [6, 6.07) is 14.9. The van der Waals surface area contributed by atoms with Crippen molar-refractivity contribution in [2.75, 3.05) is 52.9 Å². The molecule has 8 nitrogen and oxygen atoms in total. The number of nitrogens with zero attached hydrogens (tertiary/aromatic N) is 3. The van der Waals surface area contributed by atoms with E-state index in [1.54, 1.807) is 19.1 Å². The molecule has 2 heterocycles. The molecule has 0 bridgehead atoms. The van der Waals surface area contributed by atoms with Crippen molar-refractivity contribution in [2.45, 2.75) is 32.5 Å². The highest BCUT2D eigenvalue weighted by Gasteiger charge is 2.31. The summed E-state index contributed by atoms with van der Waals surface area (Å²) in [5.74, 6) is -0.0579. The van der Waals surface area contributed by atoms with E-state index >= 15 is 0 Å². The summed E-state index contributed by atoms with van der Waals surface area (Å²) in [6.07, 6.45) is 1.31. The van der Waals surface area contributed by atoms with E-state index in [1.165, 1.54) is 7.11 Å². The monoisotopic (exact) mass is 541 g/mol. The SMILES string of the molecule is COC(=O)c1ccc(COC(CN2CCN(C(=O)C3CCN(C(C)=O)CC3)CC2)c2ccc(Cl)cc2)cc1. The van der Waals surface area contributed by atoms with Gasteiger partial charge in [-0.2, -0.15) is 0 Å². The molecule has 2 aromatic rings. The average Bonchev–Trinajstić information content (AvgIpc) is 2.95. The standard InChI is InChI=1S/C29H36ClN3O5/c1-21(34)32-13-11-24(12-14-32)28(35)33-17-15-31(16-18-33)19-27(23-7-9-26(30)10-8-23)38-20-22-3-5-25(6-4-22)29(36)37-2/h3-10,24,27H,11-20H2,1-2H3. The van der Waals surface area contributed by atoms with Crippen LogP contribution in [0.15, 0.2) is 48.5 Å². The number of likely N-dealkylation sites (tertiary alicyclic amines) is 1. The molecule has 1 unspecified atom stereocenters. The number of methoxy groups -OCH3 is 1. The van der Waals surface area contributed by atoms with Crippen LogP contribution in [0.2, 0.25) is 5.02 Å². The molecule has 0 saturated carbocycles. The molecule has 2 saturated heterocycles. The van der Waals surface area contributed by atoms with Crippen LogP contribution >= 0.6 is 11.6 Å². The van der Waals surface area contributed by atoms with Crippen LogP contribution in [-0.4, -0.2) is 85.4 Å². The van der Waals surface area contributed by atoms with E-state index < -0.39 is 0 Å². The van der Waals surface area contributed by atoms with Gasteiger partial charge in [-0.05, 0) is 48.2 Å². The second kappa shape index (κ2) is 13.2. The zero-order valence-corrected chi connectivity index (χ0v) is 22.9. The van der Waals surface area contributed by atoms with Crippen LogP contribution in [0.5, 0.6) is 0 Å². The van der Waals surface area contributed by atoms with E-state index in [2.05, 4.69) is 4.90 Å². The van der Waals surface area contributed by atoms with Gasteiger partial charge < -0.3 is 19.3 Å². The van der Waals surface area contributed by atoms with Gasteiger partial charge in [-0.15, -0.1) is 0 Å². The normalized spacial score (nSPS) is 17.8. The summed E-state index contributed by atoms with van der Waals surface area (Å²) in [4.78, 5) is 42.5. The van der Waals surface area contributed by atoms with Crippen LogP contribution in [0, 0.1) is 5.92 Å². The van der Waals surface area contributed by atoms with Crippen molar-refractivity contribution in [1.82, 2.24) is 14.7 Å². The first kappa shape index (κ1) is 28.1. The molecule has 2 amide bonds. The van der Waals surface area contributed by atoms with Crippen molar-refractivity contribution in [3.05, 3.63) is 70.2 Å². The van der Waals surface area contributed by atoms with Gasteiger partial charge in [-0.1, -0.05) is 35.9 Å². The third kappa shape index (κ3) is 7.34. The molecule has 0 aliphatic carbocycles. The van der Waals surface area contributed by atoms with Crippen molar-refractivity contribution in [3.63, 3.8) is 0 Å². The number of carbonyl (C=O) groups excluding carboxylic acids is 3. The maximum absolute atomic E-state index is 13.1. The van der Waals surface area contributed by atoms with Crippen LogP contribution in [-0.2, 0) is 25.7 Å². The second-order valence-corrected chi connectivity index (χ2v) is 10.4. The van der Waals surface area contributed by atoms with Gasteiger partial charge in [-0.25, -0.2) is 4.79 Å². The van der Waals surface area contributed by atoms with Crippen LogP contribution in [0.25, 0.3) is 0 Å². The summed E-state index contributed by atoms with van der Waals surface area (Å²) < 4.78 is 11.1. The molecule has 9 heteroatoms. The molecule has 2 fully saturated rings. The molecular formula is C29H36ClN3O5. The number of piperazine rings is 1. The minimum atomic E-state index is -0.365. The van der Waals surface area contributed by atoms with E-state index in [1.807, 2.05) is 46.2 Å². The Labute approximate surface area is 229 Å². The number of piperidine rings is 1. The maximum Gasteiger partial charge on any atom is 0.337 e. The molecule has 0 spiro atoms. The predicted octanol–water partition coefficient (Wildman–Crippen LogP) is 3.79. The van der Waals surface area contributed by atoms with Crippen molar-refractivity contribution in [1.29, 1.82) is 0 Å². The first-order chi connectivity index (χ1) is 18.3. The summed E-state index contributed by atoms with van der Waals surface area (Å²) in [6.45, 7) is 6.94. The Morgan fingerprint density at radius 3 is 2.11 bits per heavy atom. The number of hydrogen-bond donors (Lipinski definition) is 0. The van der Waals surface area contributed by atoms with Gasteiger partial charge in [0, 0.05) is 63.7 Å². The third-order valence-electron chi connectivity index (χ3n) is 7.47. The molecule has 0 radical (unpaired) electrons. The van der Waals surface area contributed by atoms with Crippen molar-refractivity contribution in [3.8, 4) is 0 Å². The highest BCUT2D eigenvalue weighted by Crippen LogP contribution is 2.25. The lowest BCUT2D eigenvalue weighted by Gasteiger charge is -2.39. The Morgan fingerprint density at radius 2 is 1.53 bits per heavy atom. The lowest BCUT2D eigenvalue weighted by molar-refractivity contribution is -0.141. The lowest BCUT2D eigenvalue weighted by atomic mass is 9.95. The van der Waals surface area contributed by atoms with Crippen molar-refractivity contribution >= 4 is 29.4 Å². The second-order valence-electron chi connectivity index (χ2n) is 9.95. The largest absolute Gasteiger partial charge is 0.465 e. The van der Waals surface area contributed by atoms with Gasteiger partial charge in [-0.3, -0.25) is 14.5 Å². The lowest BCUT2D eigenvalue weighted by Crippen LogP contribution is -2.52. The van der Waals surface area contributed by atoms with Crippen molar-refractivity contribution in [2.24, 2.45) is 5.92 Å². The van der Waals surface area contributed by atoms with Gasteiger partial charge in [0.1, 0.15) is 0 Å². The zero-order chi connectivity index (χ0) is 27.1. The average molecular weight is 542 g/mol. The Bertz CT molecular complexity index is 1090. The fourth-order valence-electron chi connectivity index (χ4n) is 5.07. The van der Waals surface area contributed by atoms with Crippen LogP contribution in [0.4, 0.5) is 0 Å². The zero-order valence-electron chi connectivity index (χ0n) is 22.1. The number of benzene rings is 2. The molecule has 1 atom stereocenters. The smallest absolute Gasteiger partial charge is 0.337 e. The summed E-state index contributed by atoms with van der Waals surface area (Å²) in [5, 5.41) is 0.673. The molecule has 204 valence electrons. The summed E-state index contributed by atoms with van der Waals surface area (Å²) in [5.41, 5.74) is 2.50. The molecule has 38 heavy (non-hydrogen) atoms. The van der Waals surface area contributed by atoms with E-state index in [4.69, 9.17) is 21.1 Å². The number of rotatable bonds is 8. The Balaban J connectivity index is 1.32. The highest BCUT2D eigenvalue weighted by molar-refractivity contribution is 6.30. The van der Waals surface area contributed by atoms with Gasteiger partial charge in [0.25, 0.3) is 0 Å². The fourth-order valence-corrected chi connectivity index (χ4v) is 5.19. The number of carbonyl (C=O) groups is 3. The highest BCUT2D eigenvalue weighted by atomic mass is 35.5. The van der Waals surface area contributed by atoms with E-state index in [-0.39, 0.29) is 29.8 Å². The molecule has 2 aromatic carbocycles. The Kier molecular flexibility index (Phi) is 9.77. The van der Waals surface area contributed by atoms with E-state index in [9.17, 15) is 14.4 Å². The molecule has 0 N–H and O–H groups in total. The first-order valence-electron chi connectivity index (χ1n) is 13.1. The minimum Gasteiger partial charge on any atom is -0.465 e. The summed E-state index contributed by atoms with van der Waals surface area (Å²) in [7, 11) is 1.37. The van der Waals surface area contributed by atoms with Crippen molar-refractivity contribution < 1.29 is 23.9 Å². The number of esters is 1. The van der Waals surface area contributed by atoms with Crippen LogP contribution in [0.1, 0.15) is 47.4 Å². The number of amides is 2. The number of hydrogen-bond acceptors (Lipinski definition) is 6. The molecule has 2 aliphatic heterocycles. The Morgan fingerprint density at radius 1 is 0.895 bits per heavy atom. The van der Waals surface area contributed by atoms with E-state index in [0.29, 0.717) is 49.9 Å². The quantitative estimate of drug-likeness (QED) is 0.473. The van der Waals surface area contributed by atoms with Crippen LogP contribution < -0.4 is 0 Å². The number of ether oxygens (including phenoxy) is 2. The predicted molar refractivity (Wildman–Crippen MR) is 145 cm³/mol. The third-order valence-corrected chi connectivity index (χ3v) is 7.72. The maximum atomic E-state index is 13.1. The Hall–Kier alpha value is -2.94. The van der Waals surface area contributed by atoms with Gasteiger partial charge in [0.05, 0.1) is 25.4 Å². The minimum absolute atomic E-state index is 0.00729. The molecule has 2 aliphatic rings. The fraction of sp³-hybridized carbons (Fsp3) is 0.483. The molecule has 0 aromatic heterocycles. The van der Waals surface area contributed by atoms with Gasteiger partial charge >= 0.3 is 5.97 Å².